The molecule has 0 spiro atoms. The van der Waals surface area contributed by atoms with Crippen molar-refractivity contribution in [1.82, 2.24) is 14.8 Å². The summed E-state index contributed by atoms with van der Waals surface area (Å²) in [4.78, 5) is 9.79. The monoisotopic (exact) mass is 357 g/mol. The summed E-state index contributed by atoms with van der Waals surface area (Å²) in [6.45, 7) is 8.43. The van der Waals surface area contributed by atoms with Crippen LogP contribution in [-0.2, 0) is 13.1 Å². The third-order valence-electron chi connectivity index (χ3n) is 5.39. The fourth-order valence-corrected chi connectivity index (χ4v) is 4.79. The lowest BCUT2D eigenvalue weighted by Gasteiger charge is -2.36. The lowest BCUT2D eigenvalue weighted by Crippen LogP contribution is -2.43. The Kier molecular flexibility index (Phi) is 5.34. The number of benzene rings is 1. The normalized spacial score (nSPS) is 24.4. The zero-order valence-electron chi connectivity index (χ0n) is 14.9. The van der Waals surface area contributed by atoms with Crippen LogP contribution in [0.4, 0.5) is 0 Å². The Morgan fingerprint density at radius 1 is 1.12 bits per heavy atom. The summed E-state index contributed by atoms with van der Waals surface area (Å²) in [7, 11) is 0. The van der Waals surface area contributed by atoms with E-state index in [1.54, 1.807) is 11.3 Å². The van der Waals surface area contributed by atoms with Gasteiger partial charge in [-0.05, 0) is 43.4 Å². The number of thiazole rings is 1. The SMILES string of the molecule is CCOc1ccc(CN2C[C@@H]3CC[C@H]2CN(Cc2cscn2)C3)cc1. The van der Waals surface area contributed by atoms with E-state index in [2.05, 4.69) is 44.4 Å². The number of ether oxygens (including phenoxy) is 1. The maximum absolute atomic E-state index is 5.56. The van der Waals surface area contributed by atoms with E-state index in [0.717, 1.165) is 31.4 Å². The molecule has 1 aromatic heterocycles. The number of nitrogens with zero attached hydrogens (tertiary/aromatic N) is 3. The Morgan fingerprint density at radius 2 is 2.00 bits per heavy atom. The quantitative estimate of drug-likeness (QED) is 0.789. The molecule has 2 bridgehead atoms. The Labute approximate surface area is 154 Å². The number of rotatable bonds is 6. The van der Waals surface area contributed by atoms with Crippen LogP contribution in [0.5, 0.6) is 5.75 Å². The number of fused-ring (bicyclic) bond motifs is 4. The van der Waals surface area contributed by atoms with Crippen LogP contribution in [0.3, 0.4) is 0 Å². The molecule has 1 aromatic carbocycles. The molecular formula is C20H27N3OS. The summed E-state index contributed by atoms with van der Waals surface area (Å²) in [6, 6.07) is 9.31. The van der Waals surface area contributed by atoms with Gasteiger partial charge in [-0.15, -0.1) is 11.3 Å². The van der Waals surface area contributed by atoms with Crippen molar-refractivity contribution in [3.8, 4) is 5.75 Å². The van der Waals surface area contributed by atoms with Crippen molar-refractivity contribution in [2.24, 2.45) is 5.92 Å². The van der Waals surface area contributed by atoms with Crippen molar-refractivity contribution in [3.05, 3.63) is 46.4 Å². The van der Waals surface area contributed by atoms with Gasteiger partial charge in [-0.25, -0.2) is 4.98 Å². The highest BCUT2D eigenvalue weighted by atomic mass is 32.1. The molecule has 0 N–H and O–H groups in total. The molecule has 25 heavy (non-hydrogen) atoms. The molecule has 0 amide bonds. The Bertz CT molecular complexity index is 658. The molecule has 5 rings (SSSR count). The fourth-order valence-electron chi connectivity index (χ4n) is 4.24. The molecule has 2 aromatic rings. The van der Waals surface area contributed by atoms with Crippen molar-refractivity contribution in [2.75, 3.05) is 26.2 Å². The van der Waals surface area contributed by atoms with Crippen molar-refractivity contribution >= 4 is 11.3 Å². The molecule has 0 aliphatic carbocycles. The summed E-state index contributed by atoms with van der Waals surface area (Å²) < 4.78 is 5.56. The topological polar surface area (TPSA) is 28.6 Å². The van der Waals surface area contributed by atoms with Gasteiger partial charge in [0.2, 0.25) is 0 Å². The van der Waals surface area contributed by atoms with Gasteiger partial charge in [-0.1, -0.05) is 12.1 Å². The van der Waals surface area contributed by atoms with Crippen molar-refractivity contribution in [3.63, 3.8) is 0 Å². The highest BCUT2D eigenvalue weighted by molar-refractivity contribution is 7.07. The van der Waals surface area contributed by atoms with Crippen LogP contribution >= 0.6 is 11.3 Å². The molecule has 2 atom stereocenters. The number of hydrogen-bond acceptors (Lipinski definition) is 5. The molecule has 3 fully saturated rings. The summed E-state index contributed by atoms with van der Waals surface area (Å²) in [5, 5.41) is 2.19. The highest BCUT2D eigenvalue weighted by Gasteiger charge is 2.34. The van der Waals surface area contributed by atoms with Crippen LogP contribution in [0.25, 0.3) is 0 Å². The zero-order chi connectivity index (χ0) is 17.1. The fraction of sp³-hybridized carbons (Fsp3) is 0.550. The van der Waals surface area contributed by atoms with Gasteiger partial charge in [0.15, 0.2) is 0 Å². The summed E-state index contributed by atoms with van der Waals surface area (Å²) in [5.74, 6) is 1.76. The van der Waals surface area contributed by atoms with Gasteiger partial charge in [0, 0.05) is 44.1 Å². The molecule has 0 unspecified atom stereocenters. The van der Waals surface area contributed by atoms with Crippen LogP contribution in [-0.4, -0.2) is 47.1 Å². The van der Waals surface area contributed by atoms with Gasteiger partial charge in [0.1, 0.15) is 5.75 Å². The molecule has 3 aliphatic rings. The first kappa shape index (κ1) is 17.0. The molecule has 134 valence electrons. The van der Waals surface area contributed by atoms with Crippen LogP contribution < -0.4 is 4.74 Å². The predicted octanol–water partition coefficient (Wildman–Crippen LogP) is 3.64. The van der Waals surface area contributed by atoms with E-state index in [0.29, 0.717) is 6.04 Å². The minimum Gasteiger partial charge on any atom is -0.494 e. The van der Waals surface area contributed by atoms with E-state index in [-0.39, 0.29) is 0 Å². The van der Waals surface area contributed by atoms with E-state index in [1.165, 1.54) is 43.7 Å². The standard InChI is InChI=1S/C20H27N3OS/c1-2-24-20-7-4-16(5-8-20)10-23-11-17-3-6-19(23)13-22(9-17)12-18-14-25-15-21-18/h4-5,7-8,14-15,17,19H,2-3,6,9-13H2,1H3/t17-,19+/m1/s1. The van der Waals surface area contributed by atoms with Crippen molar-refractivity contribution in [1.29, 1.82) is 0 Å². The van der Waals surface area contributed by atoms with Gasteiger partial charge < -0.3 is 4.74 Å². The Hall–Kier alpha value is -1.43. The third-order valence-corrected chi connectivity index (χ3v) is 6.03. The molecule has 3 saturated heterocycles. The Morgan fingerprint density at radius 3 is 2.76 bits per heavy atom. The molecule has 4 heterocycles. The van der Waals surface area contributed by atoms with E-state index < -0.39 is 0 Å². The smallest absolute Gasteiger partial charge is 0.119 e. The molecular weight excluding hydrogens is 330 g/mol. The second-order valence-corrected chi connectivity index (χ2v) is 8.00. The maximum atomic E-state index is 5.56. The number of piperidine rings is 1. The second kappa shape index (κ2) is 7.85. The summed E-state index contributed by atoms with van der Waals surface area (Å²) in [6.07, 6.45) is 2.70. The minimum atomic E-state index is 0.670. The van der Waals surface area contributed by atoms with Gasteiger partial charge in [-0.3, -0.25) is 9.80 Å². The molecule has 4 nitrogen and oxygen atoms in total. The predicted molar refractivity (Wildman–Crippen MR) is 102 cm³/mol. The highest BCUT2D eigenvalue weighted by Crippen LogP contribution is 2.30. The average molecular weight is 358 g/mol. The van der Waals surface area contributed by atoms with E-state index in [4.69, 9.17) is 4.74 Å². The van der Waals surface area contributed by atoms with Crippen LogP contribution in [0.1, 0.15) is 31.0 Å². The van der Waals surface area contributed by atoms with E-state index >= 15 is 0 Å². The summed E-state index contributed by atoms with van der Waals surface area (Å²) >= 11 is 1.70. The first-order valence-electron chi connectivity index (χ1n) is 9.35. The molecule has 3 aliphatic heterocycles. The maximum Gasteiger partial charge on any atom is 0.119 e. The van der Waals surface area contributed by atoms with Crippen molar-refractivity contribution in [2.45, 2.75) is 38.9 Å². The van der Waals surface area contributed by atoms with Crippen molar-refractivity contribution < 1.29 is 4.74 Å². The lowest BCUT2D eigenvalue weighted by molar-refractivity contribution is 0.123. The first-order chi connectivity index (χ1) is 12.3. The first-order valence-corrected chi connectivity index (χ1v) is 10.3. The van der Waals surface area contributed by atoms with E-state index in [1.807, 2.05) is 12.4 Å². The lowest BCUT2D eigenvalue weighted by atomic mass is 9.94. The van der Waals surface area contributed by atoms with Gasteiger partial charge >= 0.3 is 0 Å². The molecule has 5 heteroatoms. The van der Waals surface area contributed by atoms with Crippen LogP contribution in [0.15, 0.2) is 35.2 Å². The molecule has 0 saturated carbocycles. The molecule has 0 radical (unpaired) electrons. The van der Waals surface area contributed by atoms with Gasteiger partial charge in [0.05, 0.1) is 17.8 Å². The van der Waals surface area contributed by atoms with Crippen LogP contribution in [0.2, 0.25) is 0 Å². The number of hydrogen-bond donors (Lipinski definition) is 0. The Balaban J connectivity index is 1.40. The third kappa shape index (κ3) is 4.22. The van der Waals surface area contributed by atoms with E-state index in [9.17, 15) is 0 Å². The largest absolute Gasteiger partial charge is 0.494 e. The number of aromatic nitrogens is 1. The minimum absolute atomic E-state index is 0.670. The van der Waals surface area contributed by atoms with Gasteiger partial charge in [-0.2, -0.15) is 0 Å². The second-order valence-electron chi connectivity index (χ2n) is 7.28. The van der Waals surface area contributed by atoms with Gasteiger partial charge in [0.25, 0.3) is 0 Å². The zero-order valence-corrected chi connectivity index (χ0v) is 15.8. The van der Waals surface area contributed by atoms with Crippen LogP contribution in [0, 0.1) is 5.92 Å². The summed E-state index contributed by atoms with van der Waals surface area (Å²) in [5.41, 5.74) is 4.56. The average Bonchev–Trinajstić information content (AvgIpc) is 2.97.